The minimum absolute atomic E-state index is 0.104. The number of piperazine rings is 1. The molecule has 2 N–H and O–H groups in total. The van der Waals surface area contributed by atoms with Crippen LogP contribution in [0.25, 0.3) is 0 Å². The van der Waals surface area contributed by atoms with Crippen LogP contribution in [0, 0.1) is 36.5 Å². The largest absolute Gasteiger partial charge is 0.430 e. The van der Waals surface area contributed by atoms with Crippen molar-refractivity contribution in [3.8, 4) is 6.07 Å². The summed E-state index contributed by atoms with van der Waals surface area (Å²) in [4.78, 5) is 19.9. The number of hydrogen-bond donors (Lipinski definition) is 2. The monoisotopic (exact) mass is 561 g/mol. The van der Waals surface area contributed by atoms with Crippen molar-refractivity contribution < 1.29 is 18.0 Å². The molecule has 40 heavy (non-hydrogen) atoms. The van der Waals surface area contributed by atoms with Gasteiger partial charge in [-0.1, -0.05) is 6.58 Å². The number of carbonyl (C=O) groups excluding carboxylic acids is 1. The Morgan fingerprint density at radius 2 is 1.88 bits per heavy atom. The predicted molar refractivity (Wildman–Crippen MR) is 146 cm³/mol. The molecule has 4 heterocycles. The summed E-state index contributed by atoms with van der Waals surface area (Å²) in [5, 5.41) is 25.5. The highest BCUT2D eigenvalue weighted by Crippen LogP contribution is 2.31. The molecular formula is C27H38F3N9O. The third-order valence-electron chi connectivity index (χ3n) is 8.27. The van der Waals surface area contributed by atoms with E-state index in [9.17, 15) is 23.2 Å². The number of likely N-dealkylation sites (tertiary alicyclic amines) is 1. The van der Waals surface area contributed by atoms with Crippen LogP contribution >= 0.6 is 0 Å². The van der Waals surface area contributed by atoms with E-state index in [1.807, 2.05) is 30.5 Å². The van der Waals surface area contributed by atoms with E-state index < -0.39 is 23.8 Å². The van der Waals surface area contributed by atoms with E-state index >= 15 is 0 Å². The van der Waals surface area contributed by atoms with E-state index in [1.54, 1.807) is 17.0 Å². The van der Waals surface area contributed by atoms with Gasteiger partial charge in [-0.15, -0.1) is 0 Å². The van der Waals surface area contributed by atoms with Crippen LogP contribution in [0.1, 0.15) is 17.7 Å². The Balaban J connectivity index is 1.48. The molecule has 1 amide bonds. The molecular weight excluding hydrogens is 523 g/mol. The number of aromatic nitrogens is 2. The second-order valence-electron chi connectivity index (χ2n) is 10.7. The third kappa shape index (κ3) is 6.18. The van der Waals surface area contributed by atoms with Crippen LogP contribution in [0.5, 0.6) is 0 Å². The van der Waals surface area contributed by atoms with Crippen LogP contribution in [0.3, 0.4) is 0 Å². The zero-order valence-electron chi connectivity index (χ0n) is 23.3. The van der Waals surface area contributed by atoms with Crippen molar-refractivity contribution in [3.05, 3.63) is 35.7 Å². The first-order valence-corrected chi connectivity index (χ1v) is 13.6. The Bertz CT molecular complexity index is 1190. The molecule has 0 aromatic carbocycles. The molecule has 0 saturated carbocycles. The molecule has 0 aliphatic carbocycles. The Hall–Kier alpha value is -3.37. The quantitative estimate of drug-likeness (QED) is 0.386. The number of carbonyl (C=O) groups is 1. The van der Waals surface area contributed by atoms with Crippen molar-refractivity contribution in [2.75, 3.05) is 63.8 Å². The molecule has 3 saturated heterocycles. The van der Waals surface area contributed by atoms with Gasteiger partial charge in [-0.25, -0.2) is 0 Å². The Morgan fingerprint density at radius 1 is 1.20 bits per heavy atom. The molecule has 2 unspecified atom stereocenters. The lowest BCUT2D eigenvalue weighted by Crippen LogP contribution is -2.66. The number of nitrogens with zero attached hydrogens (tertiary/aromatic N) is 7. The van der Waals surface area contributed by atoms with Gasteiger partial charge in [-0.2, -0.15) is 23.5 Å². The van der Waals surface area contributed by atoms with Crippen molar-refractivity contribution in [3.63, 3.8) is 0 Å². The Kier molecular flexibility index (Phi) is 8.90. The second-order valence-corrected chi connectivity index (χ2v) is 10.7. The van der Waals surface area contributed by atoms with Gasteiger partial charge in [0.05, 0.1) is 17.8 Å². The Morgan fingerprint density at radius 3 is 2.42 bits per heavy atom. The van der Waals surface area contributed by atoms with Gasteiger partial charge in [0.2, 0.25) is 5.91 Å². The maximum Gasteiger partial charge on any atom is 0.430 e. The van der Waals surface area contributed by atoms with Crippen LogP contribution in [0.15, 0.2) is 24.4 Å². The van der Waals surface area contributed by atoms with Crippen molar-refractivity contribution in [1.82, 2.24) is 29.8 Å². The summed E-state index contributed by atoms with van der Waals surface area (Å²) in [7, 11) is 1.90. The van der Waals surface area contributed by atoms with Gasteiger partial charge in [0.15, 0.2) is 0 Å². The first-order chi connectivity index (χ1) is 18.9. The predicted octanol–water partition coefficient (Wildman–Crippen LogP) is 1.83. The van der Waals surface area contributed by atoms with E-state index in [4.69, 9.17) is 5.41 Å². The molecule has 1 aromatic rings. The smallest absolute Gasteiger partial charge is 0.387 e. The van der Waals surface area contributed by atoms with Gasteiger partial charge in [-0.3, -0.25) is 24.7 Å². The molecule has 0 bridgehead atoms. The summed E-state index contributed by atoms with van der Waals surface area (Å²) in [6.45, 7) is 12.9. The fraction of sp³-hybridized carbons (Fsp3) is 0.630. The van der Waals surface area contributed by atoms with E-state index in [0.29, 0.717) is 65.3 Å². The number of halogens is 3. The minimum Gasteiger partial charge on any atom is -0.387 e. The summed E-state index contributed by atoms with van der Waals surface area (Å²) in [5.74, 6) is -0.725. The lowest BCUT2D eigenvalue weighted by atomic mass is 9.89. The molecule has 2 atom stereocenters. The third-order valence-corrected chi connectivity index (χ3v) is 8.27. The maximum absolute atomic E-state index is 13.6. The summed E-state index contributed by atoms with van der Waals surface area (Å²) in [5.41, 5.74) is 1.30. The van der Waals surface area contributed by atoms with E-state index in [1.165, 1.54) is 6.08 Å². The molecule has 3 aliphatic rings. The molecule has 13 heteroatoms. The zero-order chi connectivity index (χ0) is 29.2. The first-order valence-electron chi connectivity index (χ1n) is 13.6. The number of amides is 1. The summed E-state index contributed by atoms with van der Waals surface area (Å²) < 4.78 is 42.6. The molecule has 10 nitrogen and oxygen atoms in total. The number of anilines is 1. The van der Waals surface area contributed by atoms with Gasteiger partial charge in [0.25, 0.3) is 0 Å². The van der Waals surface area contributed by atoms with Gasteiger partial charge >= 0.3 is 6.18 Å². The van der Waals surface area contributed by atoms with Crippen molar-refractivity contribution >= 4 is 17.4 Å². The lowest BCUT2D eigenvalue weighted by molar-refractivity contribution is -0.128. The SMILES string of the molecule is C=CC(=O)N1CCN(C2CN(C(/C=C3\CCN(c4c(C)c(C)nn4C)CCN3)C(C#N)C(=N)C(F)(F)F)C2)CC1. The van der Waals surface area contributed by atoms with E-state index in [2.05, 4.69) is 26.8 Å². The molecule has 4 rings (SSSR count). The van der Waals surface area contributed by atoms with Gasteiger partial charge < -0.3 is 15.1 Å². The van der Waals surface area contributed by atoms with E-state index in [0.717, 1.165) is 22.8 Å². The average molecular weight is 562 g/mol. The molecule has 218 valence electrons. The topological polar surface area (TPSA) is 108 Å². The standard InChI is InChI=1S/C27H38F3N9O/c1-5-24(40)37-12-10-36(11-13-37)21-16-39(17-21)23(22(15-31)25(32)27(28,29)30)14-20-6-8-38(9-7-33-20)26-18(2)19(3)34-35(26)4/h5,14,21-23,32-33H,1,6-13,16-17H2,2-4H3/b20-14+,32-25?. The zero-order valence-corrected chi connectivity index (χ0v) is 23.3. The number of aryl methyl sites for hydroxylation is 2. The van der Waals surface area contributed by atoms with E-state index in [-0.39, 0.29) is 11.9 Å². The fourth-order valence-electron chi connectivity index (χ4n) is 5.86. The van der Waals surface area contributed by atoms with Crippen molar-refractivity contribution in [1.29, 1.82) is 10.7 Å². The number of alkyl halides is 3. The van der Waals surface area contributed by atoms with Crippen LogP contribution in [-0.2, 0) is 11.8 Å². The van der Waals surface area contributed by atoms with Crippen molar-refractivity contribution in [2.24, 2.45) is 13.0 Å². The highest BCUT2D eigenvalue weighted by molar-refractivity contribution is 5.91. The van der Waals surface area contributed by atoms with Crippen LogP contribution < -0.4 is 10.2 Å². The number of nitrogens with one attached hydrogen (secondary N) is 2. The lowest BCUT2D eigenvalue weighted by Gasteiger charge is -2.51. The average Bonchev–Trinajstić information content (AvgIpc) is 3.02. The first kappa shape index (κ1) is 29.6. The van der Waals surface area contributed by atoms with Crippen LogP contribution in [0.2, 0.25) is 0 Å². The van der Waals surface area contributed by atoms with Crippen LogP contribution in [-0.4, -0.2) is 113 Å². The molecule has 0 radical (unpaired) electrons. The highest BCUT2D eigenvalue weighted by atomic mass is 19.4. The second kappa shape index (κ2) is 12.0. The summed E-state index contributed by atoms with van der Waals surface area (Å²) >= 11 is 0. The summed E-state index contributed by atoms with van der Waals surface area (Å²) in [6.07, 6.45) is -1.28. The summed E-state index contributed by atoms with van der Waals surface area (Å²) in [6, 6.07) is 1.03. The number of rotatable bonds is 7. The fourth-order valence-corrected chi connectivity index (χ4v) is 5.86. The minimum atomic E-state index is -4.88. The van der Waals surface area contributed by atoms with Gasteiger partial charge in [-0.05, 0) is 26.0 Å². The van der Waals surface area contributed by atoms with Gasteiger partial charge in [0.1, 0.15) is 17.4 Å². The molecule has 1 aromatic heterocycles. The molecule has 0 spiro atoms. The van der Waals surface area contributed by atoms with Gasteiger partial charge in [0, 0.05) is 89.7 Å². The maximum atomic E-state index is 13.6. The molecule has 3 fully saturated rings. The highest BCUT2D eigenvalue weighted by Gasteiger charge is 2.47. The normalized spacial score (nSPS) is 22.2. The number of hydrogen-bond acceptors (Lipinski definition) is 8. The van der Waals surface area contributed by atoms with Crippen molar-refractivity contribution in [2.45, 2.75) is 38.5 Å². The molecule has 3 aliphatic heterocycles. The Labute approximate surface area is 233 Å². The van der Waals surface area contributed by atoms with Crippen LogP contribution in [0.4, 0.5) is 19.0 Å². The number of nitriles is 1.